The van der Waals surface area contributed by atoms with Crippen molar-refractivity contribution >= 4 is 5.97 Å². The zero-order valence-electron chi connectivity index (χ0n) is 13.7. The highest BCUT2D eigenvalue weighted by Crippen LogP contribution is 2.24. The lowest BCUT2D eigenvalue weighted by Crippen LogP contribution is -2.44. The van der Waals surface area contributed by atoms with Gasteiger partial charge in [0.1, 0.15) is 6.04 Å². The van der Waals surface area contributed by atoms with Crippen LogP contribution in [0.1, 0.15) is 51.1 Å². The number of carbonyl (C=O) groups is 1. The molecule has 1 fully saturated rings. The number of nitrogens with zero attached hydrogens (tertiary/aromatic N) is 1. The largest absolute Gasteiger partial charge is 0.480 e. The fourth-order valence-corrected chi connectivity index (χ4v) is 3.19. The summed E-state index contributed by atoms with van der Waals surface area (Å²) in [6, 6.07) is 10.8. The van der Waals surface area contributed by atoms with Crippen LogP contribution in [0.25, 0.3) is 0 Å². The first-order valence-electron chi connectivity index (χ1n) is 8.39. The van der Waals surface area contributed by atoms with Gasteiger partial charge in [0.25, 0.3) is 0 Å². The van der Waals surface area contributed by atoms with Crippen LogP contribution in [-0.2, 0) is 4.79 Å². The van der Waals surface area contributed by atoms with Crippen LogP contribution in [0, 0.1) is 0 Å². The van der Waals surface area contributed by atoms with Gasteiger partial charge in [0, 0.05) is 25.2 Å². The van der Waals surface area contributed by atoms with E-state index in [1.54, 1.807) is 0 Å². The molecule has 1 aromatic carbocycles. The molecule has 4 heteroatoms. The van der Waals surface area contributed by atoms with Crippen LogP contribution in [0.3, 0.4) is 0 Å². The molecule has 1 heterocycles. The number of nitrogens with one attached hydrogen (secondary N) is 1. The Morgan fingerprint density at radius 2 is 2.14 bits per heavy atom. The van der Waals surface area contributed by atoms with Crippen molar-refractivity contribution in [2.24, 2.45) is 0 Å². The molecule has 2 unspecified atom stereocenters. The molecule has 3 atom stereocenters. The fraction of sp³-hybridized carbons (Fsp3) is 0.611. The van der Waals surface area contributed by atoms with Crippen LogP contribution in [0.15, 0.2) is 30.3 Å². The summed E-state index contributed by atoms with van der Waals surface area (Å²) in [6.45, 7) is 6.26. The van der Waals surface area contributed by atoms with Crippen molar-refractivity contribution in [3.63, 3.8) is 0 Å². The lowest BCUT2D eigenvalue weighted by molar-refractivity contribution is -0.139. The molecular formula is C18H28N2O2. The van der Waals surface area contributed by atoms with Crippen molar-refractivity contribution in [2.75, 3.05) is 13.1 Å². The summed E-state index contributed by atoms with van der Waals surface area (Å²) in [5.74, 6) is -0.719. The number of likely N-dealkylation sites (tertiary alicyclic amines) is 1. The van der Waals surface area contributed by atoms with Crippen LogP contribution >= 0.6 is 0 Å². The first kappa shape index (κ1) is 17.0. The lowest BCUT2D eigenvalue weighted by atomic mass is 10.1. The number of carboxylic acids is 1. The first-order valence-corrected chi connectivity index (χ1v) is 8.39. The Morgan fingerprint density at radius 1 is 1.41 bits per heavy atom. The third-order valence-electron chi connectivity index (χ3n) is 4.63. The van der Waals surface area contributed by atoms with Crippen LogP contribution in [0.4, 0.5) is 0 Å². The minimum absolute atomic E-state index is 0.282. The molecule has 0 spiro atoms. The summed E-state index contributed by atoms with van der Waals surface area (Å²) < 4.78 is 0. The van der Waals surface area contributed by atoms with E-state index in [-0.39, 0.29) is 6.04 Å². The van der Waals surface area contributed by atoms with Gasteiger partial charge in [-0.15, -0.1) is 0 Å². The number of unbranched alkanes of at least 4 members (excludes halogenated alkanes) is 1. The van der Waals surface area contributed by atoms with Gasteiger partial charge in [0.05, 0.1) is 0 Å². The van der Waals surface area contributed by atoms with Gasteiger partial charge in [0.15, 0.2) is 0 Å². The monoisotopic (exact) mass is 304 g/mol. The molecule has 1 saturated heterocycles. The summed E-state index contributed by atoms with van der Waals surface area (Å²) in [6.07, 6.45) is 3.73. The molecule has 0 amide bonds. The van der Waals surface area contributed by atoms with E-state index in [2.05, 4.69) is 48.3 Å². The van der Waals surface area contributed by atoms with E-state index >= 15 is 0 Å². The number of rotatable bonds is 8. The zero-order valence-corrected chi connectivity index (χ0v) is 13.7. The third kappa shape index (κ3) is 4.55. The summed E-state index contributed by atoms with van der Waals surface area (Å²) in [7, 11) is 0. The second-order valence-corrected chi connectivity index (χ2v) is 6.27. The highest BCUT2D eigenvalue weighted by atomic mass is 16.4. The topological polar surface area (TPSA) is 52.6 Å². The Morgan fingerprint density at radius 3 is 2.77 bits per heavy atom. The Bertz CT molecular complexity index is 463. The standard InChI is InChI=1S/C18H28N2O2/c1-3-4-10-17(18(21)22)19-16-11-12-20(13-16)14(2)15-8-6-5-7-9-15/h5-9,14,16-17,19H,3-4,10-13H2,1-2H3,(H,21,22)/t14?,16?,17-/m0/s1. The highest BCUT2D eigenvalue weighted by Gasteiger charge is 2.29. The zero-order chi connectivity index (χ0) is 15.9. The molecule has 122 valence electrons. The van der Waals surface area contributed by atoms with Crippen molar-refractivity contribution in [1.82, 2.24) is 10.2 Å². The molecule has 0 radical (unpaired) electrons. The van der Waals surface area contributed by atoms with Gasteiger partial charge < -0.3 is 10.4 Å². The van der Waals surface area contributed by atoms with E-state index in [1.807, 2.05) is 6.07 Å². The molecule has 0 bridgehead atoms. The quantitative estimate of drug-likeness (QED) is 0.775. The maximum Gasteiger partial charge on any atom is 0.320 e. The Labute approximate surface area is 133 Å². The average molecular weight is 304 g/mol. The number of hydrogen-bond donors (Lipinski definition) is 2. The molecule has 22 heavy (non-hydrogen) atoms. The molecule has 0 aliphatic carbocycles. The summed E-state index contributed by atoms with van der Waals surface area (Å²) >= 11 is 0. The molecule has 1 aliphatic rings. The molecule has 0 aromatic heterocycles. The number of carboxylic acid groups (broad SMARTS) is 1. The van der Waals surface area contributed by atoms with Gasteiger partial charge in [0.2, 0.25) is 0 Å². The molecule has 4 nitrogen and oxygen atoms in total. The Balaban J connectivity index is 1.87. The maximum absolute atomic E-state index is 11.4. The van der Waals surface area contributed by atoms with E-state index in [9.17, 15) is 9.90 Å². The smallest absolute Gasteiger partial charge is 0.320 e. The van der Waals surface area contributed by atoms with Crippen LogP contribution in [0.2, 0.25) is 0 Å². The van der Waals surface area contributed by atoms with E-state index in [4.69, 9.17) is 0 Å². The molecule has 2 rings (SSSR count). The number of hydrogen-bond acceptors (Lipinski definition) is 3. The number of aliphatic carboxylic acids is 1. The molecule has 2 N–H and O–H groups in total. The van der Waals surface area contributed by atoms with Gasteiger partial charge in [-0.25, -0.2) is 0 Å². The van der Waals surface area contributed by atoms with Crippen LogP contribution < -0.4 is 5.32 Å². The van der Waals surface area contributed by atoms with Crippen LogP contribution in [0.5, 0.6) is 0 Å². The first-order chi connectivity index (χ1) is 10.6. The summed E-state index contributed by atoms with van der Waals surface area (Å²) in [5, 5.41) is 12.7. The predicted octanol–water partition coefficient (Wildman–Crippen LogP) is 3.05. The molecular weight excluding hydrogens is 276 g/mol. The van der Waals surface area contributed by atoms with E-state index < -0.39 is 12.0 Å². The second kappa shape index (κ2) is 8.30. The van der Waals surface area contributed by atoms with Crippen molar-refractivity contribution in [3.8, 4) is 0 Å². The fourth-order valence-electron chi connectivity index (χ4n) is 3.19. The highest BCUT2D eigenvalue weighted by molar-refractivity contribution is 5.73. The minimum Gasteiger partial charge on any atom is -0.480 e. The van der Waals surface area contributed by atoms with Gasteiger partial charge in [-0.2, -0.15) is 0 Å². The minimum atomic E-state index is -0.719. The van der Waals surface area contributed by atoms with Crippen molar-refractivity contribution in [2.45, 2.75) is 57.7 Å². The van der Waals surface area contributed by atoms with Gasteiger partial charge in [-0.3, -0.25) is 9.69 Å². The maximum atomic E-state index is 11.4. The SMILES string of the molecule is CCCC[C@H](NC1CCN(C(C)c2ccccc2)C1)C(=O)O. The molecule has 1 aliphatic heterocycles. The second-order valence-electron chi connectivity index (χ2n) is 6.27. The average Bonchev–Trinajstić information content (AvgIpc) is 3.00. The van der Waals surface area contributed by atoms with Crippen molar-refractivity contribution in [1.29, 1.82) is 0 Å². The molecule has 0 saturated carbocycles. The van der Waals surface area contributed by atoms with Crippen LogP contribution in [-0.4, -0.2) is 41.1 Å². The molecule has 1 aromatic rings. The van der Waals surface area contributed by atoms with E-state index in [0.717, 1.165) is 38.8 Å². The summed E-state index contributed by atoms with van der Waals surface area (Å²) in [4.78, 5) is 13.8. The third-order valence-corrected chi connectivity index (χ3v) is 4.63. The van der Waals surface area contributed by atoms with E-state index in [0.29, 0.717) is 6.04 Å². The summed E-state index contributed by atoms with van der Waals surface area (Å²) in [5.41, 5.74) is 1.32. The van der Waals surface area contributed by atoms with Gasteiger partial charge >= 0.3 is 5.97 Å². The van der Waals surface area contributed by atoms with Gasteiger partial charge in [-0.1, -0.05) is 50.1 Å². The Hall–Kier alpha value is -1.39. The lowest BCUT2D eigenvalue weighted by Gasteiger charge is -2.25. The Kier molecular flexibility index (Phi) is 6.40. The number of benzene rings is 1. The normalized spacial score (nSPS) is 21.6. The van der Waals surface area contributed by atoms with E-state index in [1.165, 1.54) is 5.56 Å². The van der Waals surface area contributed by atoms with Crippen molar-refractivity contribution < 1.29 is 9.90 Å². The predicted molar refractivity (Wildman–Crippen MR) is 88.9 cm³/mol. The van der Waals surface area contributed by atoms with Crippen molar-refractivity contribution in [3.05, 3.63) is 35.9 Å². The van der Waals surface area contributed by atoms with Gasteiger partial charge in [-0.05, 0) is 25.3 Å².